The molecule has 0 spiro atoms. The molecular formula is C14H16BrClN2O3. The first kappa shape index (κ1) is 16.1. The van der Waals surface area contributed by atoms with Gasteiger partial charge in [-0.25, -0.2) is 9.59 Å². The minimum absolute atomic E-state index is 0.00276. The lowest BCUT2D eigenvalue weighted by Crippen LogP contribution is -2.56. The maximum atomic E-state index is 11.9. The number of aliphatic carboxylic acids is 1. The maximum absolute atomic E-state index is 11.9. The largest absolute Gasteiger partial charge is 0.480 e. The van der Waals surface area contributed by atoms with Crippen LogP contribution < -0.4 is 10.6 Å². The van der Waals surface area contributed by atoms with Gasteiger partial charge in [-0.15, -0.1) is 0 Å². The summed E-state index contributed by atoms with van der Waals surface area (Å²) in [6.07, 6.45) is 1.64. The third-order valence-corrected chi connectivity index (χ3v) is 4.51. The van der Waals surface area contributed by atoms with Gasteiger partial charge in [0.05, 0.1) is 0 Å². The Morgan fingerprint density at radius 2 is 2.14 bits per heavy atom. The van der Waals surface area contributed by atoms with Crippen molar-refractivity contribution in [3.63, 3.8) is 0 Å². The molecule has 1 fully saturated rings. The first-order chi connectivity index (χ1) is 9.83. The third kappa shape index (κ3) is 3.89. The standard InChI is InChI=1S/C14H16BrClN2O3/c1-14(12(19)20,9-3-4-9)18-13(21)17-7-8-2-5-10(15)6-11(8)16/h2,5-6,9H,3-4,7H2,1H3,(H,19,20)(H2,17,18,21). The summed E-state index contributed by atoms with van der Waals surface area (Å²) < 4.78 is 0.855. The molecule has 2 rings (SSSR count). The van der Waals surface area contributed by atoms with Gasteiger partial charge in [-0.2, -0.15) is 0 Å². The molecule has 1 aliphatic rings. The van der Waals surface area contributed by atoms with E-state index in [1.165, 1.54) is 0 Å². The van der Waals surface area contributed by atoms with Crippen molar-refractivity contribution in [2.75, 3.05) is 0 Å². The monoisotopic (exact) mass is 374 g/mol. The number of nitrogens with one attached hydrogen (secondary N) is 2. The van der Waals surface area contributed by atoms with E-state index in [1.54, 1.807) is 19.1 Å². The highest BCUT2D eigenvalue weighted by Gasteiger charge is 2.48. The zero-order chi connectivity index (χ0) is 15.6. The van der Waals surface area contributed by atoms with Gasteiger partial charge in [-0.05, 0) is 43.4 Å². The van der Waals surface area contributed by atoms with Crippen LogP contribution in [0.3, 0.4) is 0 Å². The Kier molecular flexibility index (Phi) is 4.78. The number of rotatable bonds is 5. The highest BCUT2D eigenvalue weighted by molar-refractivity contribution is 9.10. The minimum Gasteiger partial charge on any atom is -0.480 e. The quantitative estimate of drug-likeness (QED) is 0.740. The van der Waals surface area contributed by atoms with E-state index in [4.69, 9.17) is 11.6 Å². The third-order valence-electron chi connectivity index (χ3n) is 3.67. The lowest BCUT2D eigenvalue weighted by atomic mass is 9.96. The number of carboxylic acids is 1. The Hall–Kier alpha value is -1.27. The molecule has 1 saturated carbocycles. The second kappa shape index (κ2) is 6.23. The summed E-state index contributed by atoms with van der Waals surface area (Å²) in [5.41, 5.74) is -0.452. The summed E-state index contributed by atoms with van der Waals surface area (Å²) in [4.78, 5) is 23.2. The second-order valence-corrected chi connectivity index (χ2v) is 6.65. The molecule has 1 aromatic rings. The number of carboxylic acid groups (broad SMARTS) is 1. The molecule has 1 atom stereocenters. The average molecular weight is 376 g/mol. The number of hydrogen-bond acceptors (Lipinski definition) is 2. The number of urea groups is 1. The zero-order valence-electron chi connectivity index (χ0n) is 11.5. The van der Waals surface area contributed by atoms with E-state index in [1.807, 2.05) is 6.07 Å². The van der Waals surface area contributed by atoms with Gasteiger partial charge in [0, 0.05) is 16.0 Å². The zero-order valence-corrected chi connectivity index (χ0v) is 13.8. The Bertz CT molecular complexity index is 577. The molecule has 21 heavy (non-hydrogen) atoms. The molecule has 0 saturated heterocycles. The molecule has 0 aromatic heterocycles. The van der Waals surface area contributed by atoms with Gasteiger partial charge < -0.3 is 15.7 Å². The summed E-state index contributed by atoms with van der Waals surface area (Å²) in [5.74, 6) is -1.01. The van der Waals surface area contributed by atoms with Crippen LogP contribution in [-0.4, -0.2) is 22.6 Å². The van der Waals surface area contributed by atoms with E-state index in [2.05, 4.69) is 26.6 Å². The van der Waals surface area contributed by atoms with Gasteiger partial charge in [0.2, 0.25) is 0 Å². The predicted molar refractivity (Wildman–Crippen MR) is 83.3 cm³/mol. The normalized spacial score (nSPS) is 16.9. The molecule has 1 aliphatic carbocycles. The Balaban J connectivity index is 1.94. The molecule has 5 nitrogen and oxygen atoms in total. The predicted octanol–water partition coefficient (Wildman–Crippen LogP) is 3.16. The molecule has 114 valence electrons. The average Bonchev–Trinajstić information content (AvgIpc) is 3.21. The molecule has 0 aliphatic heterocycles. The number of benzene rings is 1. The van der Waals surface area contributed by atoms with Crippen LogP contribution >= 0.6 is 27.5 Å². The van der Waals surface area contributed by atoms with Crippen molar-refractivity contribution < 1.29 is 14.7 Å². The molecule has 1 aromatic carbocycles. The molecule has 0 radical (unpaired) electrons. The van der Waals surface area contributed by atoms with Gasteiger partial charge in [0.25, 0.3) is 0 Å². The molecule has 3 N–H and O–H groups in total. The molecule has 1 unspecified atom stereocenters. The van der Waals surface area contributed by atoms with Gasteiger partial charge in [-0.1, -0.05) is 33.6 Å². The maximum Gasteiger partial charge on any atom is 0.329 e. The van der Waals surface area contributed by atoms with Crippen LogP contribution in [0.2, 0.25) is 5.02 Å². The molecule has 0 bridgehead atoms. The van der Waals surface area contributed by atoms with Crippen molar-refractivity contribution in [3.8, 4) is 0 Å². The summed E-state index contributed by atoms with van der Waals surface area (Å²) in [5, 5.41) is 15.0. The van der Waals surface area contributed by atoms with E-state index >= 15 is 0 Å². The summed E-state index contributed by atoms with van der Waals surface area (Å²) in [6.45, 7) is 1.78. The van der Waals surface area contributed by atoms with Gasteiger partial charge in [0.1, 0.15) is 5.54 Å². The van der Waals surface area contributed by atoms with E-state index < -0.39 is 17.5 Å². The van der Waals surface area contributed by atoms with Crippen LogP contribution in [0.5, 0.6) is 0 Å². The number of halogens is 2. The molecule has 7 heteroatoms. The SMILES string of the molecule is CC(NC(=O)NCc1ccc(Br)cc1Cl)(C(=O)O)C1CC1. The number of hydrogen-bond donors (Lipinski definition) is 3. The fourth-order valence-corrected chi connectivity index (χ4v) is 2.85. The van der Waals surface area contributed by atoms with Crippen LogP contribution in [0.15, 0.2) is 22.7 Å². The number of carbonyl (C=O) groups is 2. The molecule has 0 heterocycles. The topological polar surface area (TPSA) is 78.4 Å². The van der Waals surface area contributed by atoms with E-state index in [-0.39, 0.29) is 12.5 Å². The van der Waals surface area contributed by atoms with Crippen molar-refractivity contribution >= 4 is 39.5 Å². The Morgan fingerprint density at radius 3 is 2.67 bits per heavy atom. The van der Waals surface area contributed by atoms with E-state index in [0.29, 0.717) is 5.02 Å². The summed E-state index contributed by atoms with van der Waals surface area (Å²) in [7, 11) is 0. The number of amides is 2. The van der Waals surface area contributed by atoms with Crippen molar-refractivity contribution in [2.45, 2.75) is 31.8 Å². The van der Waals surface area contributed by atoms with Crippen molar-refractivity contribution in [1.82, 2.24) is 10.6 Å². The van der Waals surface area contributed by atoms with Crippen LogP contribution in [0, 0.1) is 5.92 Å². The minimum atomic E-state index is -1.21. The lowest BCUT2D eigenvalue weighted by Gasteiger charge is -2.26. The van der Waals surface area contributed by atoms with Crippen molar-refractivity contribution in [2.24, 2.45) is 5.92 Å². The van der Waals surface area contributed by atoms with Crippen LogP contribution in [0.1, 0.15) is 25.3 Å². The van der Waals surface area contributed by atoms with Gasteiger partial charge in [-0.3, -0.25) is 0 Å². The Labute approximate surface area is 136 Å². The van der Waals surface area contributed by atoms with Crippen LogP contribution in [0.4, 0.5) is 4.79 Å². The highest BCUT2D eigenvalue weighted by atomic mass is 79.9. The fraction of sp³-hybridized carbons (Fsp3) is 0.429. The first-order valence-corrected chi connectivity index (χ1v) is 7.73. The van der Waals surface area contributed by atoms with Crippen molar-refractivity contribution in [3.05, 3.63) is 33.3 Å². The fourth-order valence-electron chi connectivity index (χ4n) is 2.11. The second-order valence-electron chi connectivity index (χ2n) is 5.33. The van der Waals surface area contributed by atoms with Crippen molar-refractivity contribution in [1.29, 1.82) is 0 Å². The summed E-state index contributed by atoms with van der Waals surface area (Å²) >= 11 is 9.37. The van der Waals surface area contributed by atoms with E-state index in [9.17, 15) is 14.7 Å². The van der Waals surface area contributed by atoms with Crippen LogP contribution in [0.25, 0.3) is 0 Å². The van der Waals surface area contributed by atoms with Crippen LogP contribution in [-0.2, 0) is 11.3 Å². The molecular weight excluding hydrogens is 360 g/mol. The Morgan fingerprint density at radius 1 is 1.48 bits per heavy atom. The summed E-state index contributed by atoms with van der Waals surface area (Å²) in [6, 6.07) is 4.85. The number of carbonyl (C=O) groups excluding carboxylic acids is 1. The molecule has 2 amide bonds. The smallest absolute Gasteiger partial charge is 0.329 e. The van der Waals surface area contributed by atoms with Gasteiger partial charge >= 0.3 is 12.0 Å². The first-order valence-electron chi connectivity index (χ1n) is 6.56. The highest BCUT2D eigenvalue weighted by Crippen LogP contribution is 2.39. The lowest BCUT2D eigenvalue weighted by molar-refractivity contribution is -0.144. The van der Waals surface area contributed by atoms with Gasteiger partial charge in [0.15, 0.2) is 0 Å². The van der Waals surface area contributed by atoms with E-state index in [0.717, 1.165) is 22.9 Å².